The summed E-state index contributed by atoms with van der Waals surface area (Å²) in [7, 11) is 1.72. The van der Waals surface area contributed by atoms with E-state index in [2.05, 4.69) is 63.8 Å². The molecule has 102 valence electrons. The summed E-state index contributed by atoms with van der Waals surface area (Å²) >= 11 is 5.52. The number of thiophene rings is 1. The van der Waals surface area contributed by atoms with Crippen molar-refractivity contribution in [3.63, 3.8) is 0 Å². The topological polar surface area (TPSA) is 9.23 Å². The van der Waals surface area contributed by atoms with Gasteiger partial charge < -0.3 is 4.74 Å². The lowest BCUT2D eigenvalue weighted by Crippen LogP contribution is -1.95. The van der Waals surface area contributed by atoms with Crippen LogP contribution in [0.5, 0.6) is 5.75 Å². The van der Waals surface area contributed by atoms with Crippen molar-refractivity contribution in [2.75, 3.05) is 7.11 Å². The SMILES string of the molecule is COc1ccsc1C(Br)Cc1ccc2ccccc2c1. The number of hydrogen-bond donors (Lipinski definition) is 0. The van der Waals surface area contributed by atoms with Crippen LogP contribution in [0.15, 0.2) is 53.9 Å². The summed E-state index contributed by atoms with van der Waals surface area (Å²) in [5, 5.41) is 4.65. The van der Waals surface area contributed by atoms with Gasteiger partial charge in [0.05, 0.1) is 16.8 Å². The first kappa shape index (κ1) is 13.7. The van der Waals surface area contributed by atoms with Crippen LogP contribution in [0, 0.1) is 0 Å². The molecule has 0 saturated carbocycles. The second-order valence-corrected chi connectivity index (χ2v) is 6.76. The fourth-order valence-corrected chi connectivity index (χ4v) is 4.13. The van der Waals surface area contributed by atoms with E-state index in [1.807, 2.05) is 6.07 Å². The molecular formula is C17H15BrOS. The number of rotatable bonds is 4. The van der Waals surface area contributed by atoms with Crippen molar-refractivity contribution in [1.82, 2.24) is 0 Å². The smallest absolute Gasteiger partial charge is 0.133 e. The number of benzene rings is 2. The van der Waals surface area contributed by atoms with Crippen LogP contribution >= 0.6 is 27.3 Å². The Morgan fingerprint density at radius 2 is 1.90 bits per heavy atom. The summed E-state index contributed by atoms with van der Waals surface area (Å²) in [6, 6.07) is 17.2. The van der Waals surface area contributed by atoms with Gasteiger partial charge in [-0.25, -0.2) is 0 Å². The second-order valence-electron chi connectivity index (χ2n) is 4.71. The van der Waals surface area contributed by atoms with Crippen molar-refractivity contribution < 1.29 is 4.74 Å². The average molecular weight is 347 g/mol. The van der Waals surface area contributed by atoms with Gasteiger partial charge in [-0.15, -0.1) is 11.3 Å². The lowest BCUT2D eigenvalue weighted by atomic mass is 10.0. The third-order valence-corrected chi connectivity index (χ3v) is 5.49. The number of hydrogen-bond acceptors (Lipinski definition) is 2. The zero-order valence-electron chi connectivity index (χ0n) is 11.2. The number of methoxy groups -OCH3 is 1. The summed E-state index contributed by atoms with van der Waals surface area (Å²) in [4.78, 5) is 1.54. The molecule has 20 heavy (non-hydrogen) atoms. The third kappa shape index (κ3) is 2.74. The van der Waals surface area contributed by atoms with E-state index < -0.39 is 0 Å². The molecule has 0 aliphatic rings. The third-order valence-electron chi connectivity index (χ3n) is 3.39. The Labute approximate surface area is 131 Å². The summed E-state index contributed by atoms with van der Waals surface area (Å²) in [6.45, 7) is 0. The highest BCUT2D eigenvalue weighted by molar-refractivity contribution is 9.09. The highest BCUT2D eigenvalue weighted by Gasteiger charge is 2.15. The molecule has 0 fully saturated rings. The second kappa shape index (κ2) is 5.98. The van der Waals surface area contributed by atoms with E-state index >= 15 is 0 Å². The number of alkyl halides is 1. The standard InChI is InChI=1S/C17H15BrOS/c1-19-16-8-9-20-17(16)15(18)11-12-6-7-13-4-2-3-5-14(13)10-12/h2-10,15H,11H2,1H3. The fraction of sp³-hybridized carbons (Fsp3) is 0.176. The molecule has 3 heteroatoms. The van der Waals surface area contributed by atoms with E-state index in [1.54, 1.807) is 18.4 Å². The molecule has 0 spiro atoms. The zero-order chi connectivity index (χ0) is 13.9. The molecule has 1 nitrogen and oxygen atoms in total. The van der Waals surface area contributed by atoms with Crippen LogP contribution in [0.25, 0.3) is 10.8 Å². The van der Waals surface area contributed by atoms with E-state index in [1.165, 1.54) is 21.2 Å². The maximum atomic E-state index is 5.39. The molecule has 0 saturated heterocycles. The molecule has 1 unspecified atom stereocenters. The van der Waals surface area contributed by atoms with Crippen LogP contribution in [0.1, 0.15) is 15.3 Å². The Kier molecular flexibility index (Phi) is 4.08. The molecule has 1 aromatic heterocycles. The minimum Gasteiger partial charge on any atom is -0.496 e. The molecule has 0 amide bonds. The van der Waals surface area contributed by atoms with Gasteiger partial charge in [0, 0.05) is 0 Å². The van der Waals surface area contributed by atoms with E-state index in [0.717, 1.165) is 12.2 Å². The molecule has 0 N–H and O–H groups in total. The first-order valence-electron chi connectivity index (χ1n) is 6.51. The molecule has 2 aromatic carbocycles. The highest BCUT2D eigenvalue weighted by Crippen LogP contribution is 2.38. The molecule has 1 atom stereocenters. The molecular weight excluding hydrogens is 332 g/mol. The molecule has 0 aliphatic carbocycles. The van der Waals surface area contributed by atoms with Crippen LogP contribution < -0.4 is 4.74 Å². The van der Waals surface area contributed by atoms with Crippen LogP contribution in [-0.4, -0.2) is 7.11 Å². The largest absolute Gasteiger partial charge is 0.496 e. The normalized spacial score (nSPS) is 12.5. The summed E-state index contributed by atoms with van der Waals surface area (Å²) < 4.78 is 5.39. The molecule has 3 rings (SSSR count). The molecule has 0 radical (unpaired) electrons. The van der Waals surface area contributed by atoms with Crippen molar-refractivity contribution in [2.24, 2.45) is 0 Å². The fourth-order valence-electron chi connectivity index (χ4n) is 2.37. The van der Waals surface area contributed by atoms with Gasteiger partial charge in [-0.05, 0) is 34.2 Å². The van der Waals surface area contributed by atoms with Gasteiger partial charge >= 0.3 is 0 Å². The monoisotopic (exact) mass is 346 g/mol. The van der Waals surface area contributed by atoms with Crippen LogP contribution in [-0.2, 0) is 6.42 Å². The van der Waals surface area contributed by atoms with Gasteiger partial charge in [0.2, 0.25) is 0 Å². The van der Waals surface area contributed by atoms with Gasteiger partial charge in [0.1, 0.15) is 5.75 Å². The zero-order valence-corrected chi connectivity index (χ0v) is 13.6. The Morgan fingerprint density at radius 3 is 2.70 bits per heavy atom. The Hall–Kier alpha value is -1.32. The van der Waals surface area contributed by atoms with Crippen LogP contribution in [0.3, 0.4) is 0 Å². The predicted molar refractivity (Wildman–Crippen MR) is 90.2 cm³/mol. The lowest BCUT2D eigenvalue weighted by molar-refractivity contribution is 0.412. The summed E-state index contributed by atoms with van der Waals surface area (Å²) in [6.07, 6.45) is 0.960. The Bertz CT molecular complexity index is 720. The van der Waals surface area contributed by atoms with Crippen molar-refractivity contribution in [1.29, 1.82) is 0 Å². The maximum absolute atomic E-state index is 5.39. The molecule has 1 heterocycles. The van der Waals surface area contributed by atoms with Crippen molar-refractivity contribution in [3.8, 4) is 5.75 Å². The molecule has 3 aromatic rings. The lowest BCUT2D eigenvalue weighted by Gasteiger charge is -2.11. The van der Waals surface area contributed by atoms with Crippen molar-refractivity contribution in [2.45, 2.75) is 11.2 Å². The number of halogens is 1. The van der Waals surface area contributed by atoms with Gasteiger partial charge in [0.25, 0.3) is 0 Å². The average Bonchev–Trinajstić information content (AvgIpc) is 2.95. The quantitative estimate of drug-likeness (QED) is 0.559. The first-order valence-corrected chi connectivity index (χ1v) is 8.30. The Balaban J connectivity index is 1.85. The minimum absolute atomic E-state index is 0.290. The van der Waals surface area contributed by atoms with E-state index in [4.69, 9.17) is 4.74 Å². The predicted octanol–water partition coefficient (Wildman–Crippen LogP) is 5.59. The van der Waals surface area contributed by atoms with E-state index in [9.17, 15) is 0 Å². The minimum atomic E-state index is 0.290. The van der Waals surface area contributed by atoms with Gasteiger partial charge in [0.15, 0.2) is 0 Å². The van der Waals surface area contributed by atoms with Gasteiger partial charge in [-0.3, -0.25) is 0 Å². The van der Waals surface area contributed by atoms with Crippen LogP contribution in [0.4, 0.5) is 0 Å². The number of ether oxygens (including phenoxy) is 1. The van der Waals surface area contributed by atoms with Gasteiger partial charge in [-0.2, -0.15) is 0 Å². The number of fused-ring (bicyclic) bond motifs is 1. The summed E-state index contributed by atoms with van der Waals surface area (Å²) in [5.41, 5.74) is 1.33. The van der Waals surface area contributed by atoms with Crippen molar-refractivity contribution in [3.05, 3.63) is 64.4 Å². The summed E-state index contributed by atoms with van der Waals surface area (Å²) in [5.74, 6) is 0.970. The highest BCUT2D eigenvalue weighted by atomic mass is 79.9. The van der Waals surface area contributed by atoms with E-state index in [0.29, 0.717) is 4.83 Å². The first-order chi connectivity index (χ1) is 9.78. The van der Waals surface area contributed by atoms with E-state index in [-0.39, 0.29) is 0 Å². The molecule has 0 aliphatic heterocycles. The Morgan fingerprint density at radius 1 is 1.10 bits per heavy atom. The maximum Gasteiger partial charge on any atom is 0.133 e. The molecule has 0 bridgehead atoms. The van der Waals surface area contributed by atoms with Crippen LogP contribution in [0.2, 0.25) is 0 Å². The van der Waals surface area contributed by atoms with Crippen molar-refractivity contribution >= 4 is 38.0 Å². The van der Waals surface area contributed by atoms with Gasteiger partial charge in [-0.1, -0.05) is 58.4 Å².